The molecule has 2 aliphatic heterocycles. The summed E-state index contributed by atoms with van der Waals surface area (Å²) in [5.41, 5.74) is 0.620. The Labute approximate surface area is 160 Å². The normalized spacial score (nSPS) is 22.2. The number of amides is 1. The number of aromatic nitrogens is 3. The standard InChI is InChI=1S/C18H20BrN5O2/c1-26-16-2-5-21-18(22-16)23-6-3-12-4-7-24(15(12)11-23)17(25)13-8-14(19)10-20-9-13/h2,5,8-10,12,15H,3-4,6-7,11H2,1H3. The van der Waals surface area contributed by atoms with Crippen molar-refractivity contribution in [2.75, 3.05) is 31.6 Å². The molecule has 2 aromatic rings. The number of rotatable bonds is 3. The van der Waals surface area contributed by atoms with Gasteiger partial charge in [-0.2, -0.15) is 4.98 Å². The Morgan fingerprint density at radius 3 is 2.96 bits per heavy atom. The van der Waals surface area contributed by atoms with Crippen molar-refractivity contribution in [3.63, 3.8) is 0 Å². The average molecular weight is 418 g/mol. The second-order valence-corrected chi connectivity index (χ2v) is 7.56. The first kappa shape index (κ1) is 17.2. The van der Waals surface area contributed by atoms with Crippen LogP contribution in [0.4, 0.5) is 5.95 Å². The number of ether oxygens (including phenoxy) is 1. The number of likely N-dealkylation sites (tertiary alicyclic amines) is 1. The Hall–Kier alpha value is -2.22. The van der Waals surface area contributed by atoms with E-state index in [2.05, 4.69) is 35.8 Å². The highest BCUT2D eigenvalue weighted by Crippen LogP contribution is 2.34. The first-order valence-electron chi connectivity index (χ1n) is 8.69. The SMILES string of the molecule is COc1ccnc(N2CCC3CCN(C(=O)c4cncc(Br)c4)C3C2)n1. The van der Waals surface area contributed by atoms with Gasteiger partial charge in [0.1, 0.15) is 0 Å². The van der Waals surface area contributed by atoms with Gasteiger partial charge in [-0.05, 0) is 40.8 Å². The van der Waals surface area contributed by atoms with E-state index < -0.39 is 0 Å². The van der Waals surface area contributed by atoms with Crippen LogP contribution in [-0.2, 0) is 0 Å². The molecule has 2 atom stereocenters. The molecular weight excluding hydrogens is 398 g/mol. The second-order valence-electron chi connectivity index (χ2n) is 6.64. The van der Waals surface area contributed by atoms with Gasteiger partial charge in [0.05, 0.1) is 18.7 Å². The number of hydrogen-bond donors (Lipinski definition) is 0. The van der Waals surface area contributed by atoms with Gasteiger partial charge < -0.3 is 14.5 Å². The van der Waals surface area contributed by atoms with Gasteiger partial charge in [0.25, 0.3) is 5.91 Å². The Morgan fingerprint density at radius 1 is 1.31 bits per heavy atom. The maximum absolute atomic E-state index is 13.0. The van der Waals surface area contributed by atoms with E-state index in [9.17, 15) is 4.79 Å². The largest absolute Gasteiger partial charge is 0.481 e. The zero-order chi connectivity index (χ0) is 18.1. The Bertz CT molecular complexity index is 818. The fraction of sp³-hybridized carbons (Fsp3) is 0.444. The highest BCUT2D eigenvalue weighted by molar-refractivity contribution is 9.10. The zero-order valence-corrected chi connectivity index (χ0v) is 16.1. The van der Waals surface area contributed by atoms with E-state index in [-0.39, 0.29) is 11.9 Å². The van der Waals surface area contributed by atoms with Crippen LogP contribution in [0.2, 0.25) is 0 Å². The molecule has 7 nitrogen and oxygen atoms in total. The molecule has 2 fully saturated rings. The van der Waals surface area contributed by atoms with Crippen LogP contribution in [0.15, 0.2) is 35.2 Å². The number of carbonyl (C=O) groups excluding carboxylic acids is 1. The molecule has 2 saturated heterocycles. The number of hydrogen-bond acceptors (Lipinski definition) is 6. The van der Waals surface area contributed by atoms with Crippen molar-refractivity contribution >= 4 is 27.8 Å². The van der Waals surface area contributed by atoms with Crippen LogP contribution in [0.1, 0.15) is 23.2 Å². The van der Waals surface area contributed by atoms with Crippen molar-refractivity contribution in [1.82, 2.24) is 19.9 Å². The molecule has 2 aliphatic rings. The third-order valence-corrected chi connectivity index (χ3v) is 5.62. The van der Waals surface area contributed by atoms with Crippen LogP contribution >= 0.6 is 15.9 Å². The number of piperidine rings is 1. The molecule has 0 N–H and O–H groups in total. The number of anilines is 1. The predicted octanol–water partition coefficient (Wildman–Crippen LogP) is 2.38. The van der Waals surface area contributed by atoms with E-state index in [1.807, 2.05) is 11.0 Å². The van der Waals surface area contributed by atoms with E-state index in [4.69, 9.17) is 4.74 Å². The van der Waals surface area contributed by atoms with E-state index >= 15 is 0 Å². The third-order valence-electron chi connectivity index (χ3n) is 5.18. The maximum Gasteiger partial charge on any atom is 0.255 e. The quantitative estimate of drug-likeness (QED) is 0.763. The summed E-state index contributed by atoms with van der Waals surface area (Å²) in [5.74, 6) is 1.78. The minimum atomic E-state index is 0.0414. The van der Waals surface area contributed by atoms with Crippen LogP contribution < -0.4 is 9.64 Å². The number of carbonyl (C=O) groups is 1. The van der Waals surface area contributed by atoms with E-state index in [1.165, 1.54) is 0 Å². The number of pyridine rings is 1. The van der Waals surface area contributed by atoms with Gasteiger partial charge in [0.15, 0.2) is 0 Å². The van der Waals surface area contributed by atoms with Crippen molar-refractivity contribution in [2.45, 2.75) is 18.9 Å². The molecular formula is C18H20BrN5O2. The molecule has 1 amide bonds. The summed E-state index contributed by atoms with van der Waals surface area (Å²) in [6, 6.07) is 3.74. The number of methoxy groups -OCH3 is 1. The summed E-state index contributed by atoms with van der Waals surface area (Å²) >= 11 is 3.39. The van der Waals surface area contributed by atoms with Gasteiger partial charge in [-0.1, -0.05) is 0 Å². The summed E-state index contributed by atoms with van der Waals surface area (Å²) < 4.78 is 6.02. The fourth-order valence-corrected chi connectivity index (χ4v) is 4.23. The third kappa shape index (κ3) is 3.25. The molecule has 0 aliphatic carbocycles. The maximum atomic E-state index is 13.0. The Morgan fingerprint density at radius 2 is 2.15 bits per heavy atom. The molecule has 8 heteroatoms. The number of nitrogens with zero attached hydrogens (tertiary/aromatic N) is 5. The molecule has 136 valence electrons. The fourth-order valence-electron chi connectivity index (χ4n) is 3.87. The minimum Gasteiger partial charge on any atom is -0.481 e. The summed E-state index contributed by atoms with van der Waals surface area (Å²) in [6.45, 7) is 2.42. The van der Waals surface area contributed by atoms with Crippen molar-refractivity contribution in [2.24, 2.45) is 5.92 Å². The first-order valence-corrected chi connectivity index (χ1v) is 9.48. The molecule has 0 saturated carbocycles. The number of fused-ring (bicyclic) bond motifs is 1. The molecule has 4 heterocycles. The lowest BCUT2D eigenvalue weighted by atomic mass is 9.92. The van der Waals surface area contributed by atoms with Crippen LogP contribution in [0.5, 0.6) is 5.88 Å². The van der Waals surface area contributed by atoms with E-state index in [0.717, 1.165) is 36.9 Å². The summed E-state index contributed by atoms with van der Waals surface area (Å²) in [6.07, 6.45) is 7.10. The number of halogens is 1. The molecule has 26 heavy (non-hydrogen) atoms. The van der Waals surface area contributed by atoms with Crippen molar-refractivity contribution < 1.29 is 9.53 Å². The van der Waals surface area contributed by atoms with Crippen LogP contribution in [0, 0.1) is 5.92 Å². The summed E-state index contributed by atoms with van der Waals surface area (Å²) in [5, 5.41) is 0. The highest BCUT2D eigenvalue weighted by Gasteiger charge is 2.41. The van der Waals surface area contributed by atoms with Crippen LogP contribution in [-0.4, -0.2) is 58.5 Å². The minimum absolute atomic E-state index is 0.0414. The van der Waals surface area contributed by atoms with Gasteiger partial charge in [0, 0.05) is 48.8 Å². The molecule has 0 bridgehead atoms. The van der Waals surface area contributed by atoms with Gasteiger partial charge >= 0.3 is 0 Å². The zero-order valence-electron chi connectivity index (χ0n) is 14.5. The van der Waals surface area contributed by atoms with E-state index in [0.29, 0.717) is 23.3 Å². The van der Waals surface area contributed by atoms with Crippen molar-refractivity contribution in [3.8, 4) is 5.88 Å². The van der Waals surface area contributed by atoms with Crippen molar-refractivity contribution in [3.05, 3.63) is 40.8 Å². The molecule has 4 rings (SSSR count). The highest BCUT2D eigenvalue weighted by atomic mass is 79.9. The smallest absolute Gasteiger partial charge is 0.255 e. The second kappa shape index (κ2) is 7.19. The van der Waals surface area contributed by atoms with Gasteiger partial charge in [-0.15, -0.1) is 0 Å². The van der Waals surface area contributed by atoms with Crippen molar-refractivity contribution in [1.29, 1.82) is 0 Å². The predicted molar refractivity (Wildman–Crippen MR) is 100 cm³/mol. The average Bonchev–Trinajstić information content (AvgIpc) is 3.10. The van der Waals surface area contributed by atoms with Gasteiger partial charge in [-0.25, -0.2) is 4.98 Å². The molecule has 0 radical (unpaired) electrons. The topological polar surface area (TPSA) is 71.5 Å². The summed E-state index contributed by atoms with van der Waals surface area (Å²) in [4.78, 5) is 30.1. The molecule has 2 aromatic heterocycles. The Balaban J connectivity index is 1.54. The molecule has 0 spiro atoms. The van der Waals surface area contributed by atoms with Crippen LogP contribution in [0.3, 0.4) is 0 Å². The first-order chi connectivity index (χ1) is 12.7. The van der Waals surface area contributed by atoms with Gasteiger partial charge in [0.2, 0.25) is 11.8 Å². The van der Waals surface area contributed by atoms with Gasteiger partial charge in [-0.3, -0.25) is 9.78 Å². The Kier molecular flexibility index (Phi) is 4.76. The monoisotopic (exact) mass is 417 g/mol. The molecule has 0 aromatic carbocycles. The van der Waals surface area contributed by atoms with E-state index in [1.54, 1.807) is 31.8 Å². The lowest BCUT2D eigenvalue weighted by Gasteiger charge is -2.38. The summed E-state index contributed by atoms with van der Waals surface area (Å²) in [7, 11) is 1.60. The van der Waals surface area contributed by atoms with Crippen LogP contribution in [0.25, 0.3) is 0 Å². The lowest BCUT2D eigenvalue weighted by Crippen LogP contribution is -2.50. The lowest BCUT2D eigenvalue weighted by molar-refractivity contribution is 0.0711. The molecule has 2 unspecified atom stereocenters.